The summed E-state index contributed by atoms with van der Waals surface area (Å²) in [6.45, 7) is 0.136. The normalized spacial score (nSPS) is 10.3. The van der Waals surface area contributed by atoms with Gasteiger partial charge in [-0.3, -0.25) is 0 Å². The Morgan fingerprint density at radius 3 is 2.38 bits per heavy atom. The van der Waals surface area contributed by atoms with Gasteiger partial charge in [-0.25, -0.2) is 0 Å². The lowest BCUT2D eigenvalue weighted by Crippen LogP contribution is -2.31. The van der Waals surface area contributed by atoms with Crippen LogP contribution in [0.3, 0.4) is 0 Å². The zero-order valence-electron chi connectivity index (χ0n) is 11.7. The van der Waals surface area contributed by atoms with E-state index >= 15 is 0 Å². The summed E-state index contributed by atoms with van der Waals surface area (Å²) in [5.41, 5.74) is 1.87. The zero-order chi connectivity index (χ0) is 15.2. The lowest BCUT2D eigenvalue weighted by atomic mass is 9.79. The summed E-state index contributed by atoms with van der Waals surface area (Å²) in [7, 11) is -0.103. The van der Waals surface area contributed by atoms with Crippen molar-refractivity contribution in [3.8, 4) is 11.5 Å². The first-order chi connectivity index (χ1) is 10.2. The van der Waals surface area contributed by atoms with Gasteiger partial charge in [-0.1, -0.05) is 30.3 Å². The highest BCUT2D eigenvalue weighted by Gasteiger charge is 2.18. The molecule has 0 aromatic heterocycles. The summed E-state index contributed by atoms with van der Waals surface area (Å²) in [5, 5.41) is 28.0. The maximum atomic E-state index is 9.36. The van der Waals surface area contributed by atoms with Gasteiger partial charge in [0, 0.05) is 11.5 Å². The van der Waals surface area contributed by atoms with Gasteiger partial charge in [-0.15, -0.1) is 0 Å². The van der Waals surface area contributed by atoms with Crippen LogP contribution >= 0.6 is 0 Å². The van der Waals surface area contributed by atoms with Gasteiger partial charge in [0.1, 0.15) is 18.1 Å². The number of methoxy groups -OCH3 is 1. The minimum Gasteiger partial charge on any atom is -0.497 e. The minimum atomic E-state index is -1.63. The predicted molar refractivity (Wildman–Crippen MR) is 79.5 cm³/mol. The molecule has 0 spiro atoms. The van der Waals surface area contributed by atoms with Crippen molar-refractivity contribution in [1.29, 1.82) is 0 Å². The standard InChI is InChI=1S/C15H17BO5/c1-20-13-6-7-14(16(18)19)15(8-13)21-10-12-5-3-2-4-11(12)9-17/h2-8,17-19H,9-10H2,1H3. The highest BCUT2D eigenvalue weighted by molar-refractivity contribution is 6.59. The third-order valence-corrected chi connectivity index (χ3v) is 3.17. The molecule has 0 unspecified atom stereocenters. The second-order valence-electron chi connectivity index (χ2n) is 4.49. The maximum absolute atomic E-state index is 9.36. The van der Waals surface area contributed by atoms with E-state index in [0.29, 0.717) is 11.5 Å². The number of aliphatic hydroxyl groups is 1. The molecule has 5 nitrogen and oxygen atoms in total. The van der Waals surface area contributed by atoms with Crippen molar-refractivity contribution in [2.24, 2.45) is 0 Å². The SMILES string of the molecule is COc1ccc(B(O)O)c(OCc2ccccc2CO)c1. The van der Waals surface area contributed by atoms with E-state index in [-0.39, 0.29) is 18.7 Å². The lowest BCUT2D eigenvalue weighted by Gasteiger charge is -2.14. The summed E-state index contributed by atoms with van der Waals surface area (Å²) >= 11 is 0. The maximum Gasteiger partial charge on any atom is 0.492 e. The van der Waals surface area contributed by atoms with Gasteiger partial charge >= 0.3 is 7.12 Å². The smallest absolute Gasteiger partial charge is 0.492 e. The molecule has 0 radical (unpaired) electrons. The summed E-state index contributed by atoms with van der Waals surface area (Å²) < 4.78 is 10.8. The van der Waals surface area contributed by atoms with E-state index in [2.05, 4.69) is 0 Å². The Labute approximate surface area is 123 Å². The molecule has 110 valence electrons. The van der Waals surface area contributed by atoms with Gasteiger partial charge in [0.2, 0.25) is 0 Å². The highest BCUT2D eigenvalue weighted by Crippen LogP contribution is 2.19. The van der Waals surface area contributed by atoms with Crippen LogP contribution in [-0.2, 0) is 13.2 Å². The Hall–Kier alpha value is -2.02. The molecule has 6 heteroatoms. The molecule has 2 aromatic rings. The molecule has 0 bridgehead atoms. The van der Waals surface area contributed by atoms with Crippen LogP contribution in [-0.4, -0.2) is 29.4 Å². The van der Waals surface area contributed by atoms with Crippen molar-refractivity contribution in [3.63, 3.8) is 0 Å². The van der Waals surface area contributed by atoms with Crippen LogP contribution in [0.25, 0.3) is 0 Å². The average Bonchev–Trinajstić information content (AvgIpc) is 2.52. The quantitative estimate of drug-likeness (QED) is 0.672. The van der Waals surface area contributed by atoms with Crippen molar-refractivity contribution < 1.29 is 24.6 Å². The first-order valence-corrected chi connectivity index (χ1v) is 6.50. The summed E-state index contributed by atoms with van der Waals surface area (Å²) in [4.78, 5) is 0. The molecule has 2 aromatic carbocycles. The van der Waals surface area contributed by atoms with E-state index in [4.69, 9.17) is 9.47 Å². The zero-order valence-corrected chi connectivity index (χ0v) is 11.7. The second-order valence-corrected chi connectivity index (χ2v) is 4.49. The minimum absolute atomic E-state index is 0.0763. The van der Waals surface area contributed by atoms with E-state index in [1.807, 2.05) is 24.3 Å². The average molecular weight is 288 g/mol. The first kappa shape index (κ1) is 15.4. The van der Waals surface area contributed by atoms with Crippen LogP contribution in [0.15, 0.2) is 42.5 Å². The summed E-state index contributed by atoms with van der Waals surface area (Å²) in [6.07, 6.45) is 0. The molecule has 0 aliphatic carbocycles. The number of ether oxygens (including phenoxy) is 2. The van der Waals surface area contributed by atoms with Gasteiger partial charge in [0.05, 0.1) is 13.7 Å². The molecule has 0 heterocycles. The Morgan fingerprint density at radius 2 is 1.76 bits per heavy atom. The van der Waals surface area contributed by atoms with Crippen molar-refractivity contribution in [1.82, 2.24) is 0 Å². The molecule has 0 atom stereocenters. The van der Waals surface area contributed by atoms with Crippen LogP contribution in [0.5, 0.6) is 11.5 Å². The van der Waals surface area contributed by atoms with E-state index < -0.39 is 7.12 Å². The fourth-order valence-electron chi connectivity index (χ4n) is 1.99. The molecule has 0 fully saturated rings. The third-order valence-electron chi connectivity index (χ3n) is 3.17. The topological polar surface area (TPSA) is 79.2 Å². The first-order valence-electron chi connectivity index (χ1n) is 6.50. The van der Waals surface area contributed by atoms with E-state index in [1.54, 1.807) is 12.1 Å². The largest absolute Gasteiger partial charge is 0.497 e. The van der Waals surface area contributed by atoms with Gasteiger partial charge in [-0.2, -0.15) is 0 Å². The molecule has 0 aliphatic rings. The Bertz CT molecular complexity index is 600. The third kappa shape index (κ3) is 3.75. The Kier molecular flexibility index (Phi) is 5.22. The molecule has 0 saturated heterocycles. The number of benzene rings is 2. The van der Waals surface area contributed by atoms with Gasteiger partial charge in [0.15, 0.2) is 0 Å². The predicted octanol–water partition coefficient (Wildman–Crippen LogP) is 0.446. The van der Waals surface area contributed by atoms with Crippen LogP contribution in [0.1, 0.15) is 11.1 Å². The van der Waals surface area contributed by atoms with Crippen molar-refractivity contribution in [2.75, 3.05) is 7.11 Å². The summed E-state index contributed by atoms with van der Waals surface area (Å²) in [6, 6.07) is 12.1. The fourth-order valence-corrected chi connectivity index (χ4v) is 1.99. The molecular formula is C15H17BO5. The number of hydrogen-bond donors (Lipinski definition) is 3. The fraction of sp³-hybridized carbons (Fsp3) is 0.200. The molecular weight excluding hydrogens is 271 g/mol. The van der Waals surface area contributed by atoms with Crippen LogP contribution in [0.2, 0.25) is 0 Å². The molecule has 0 aliphatic heterocycles. The molecule has 0 amide bonds. The van der Waals surface area contributed by atoms with Crippen LogP contribution in [0, 0.1) is 0 Å². The molecule has 3 N–H and O–H groups in total. The molecule has 2 rings (SSSR count). The van der Waals surface area contributed by atoms with Crippen LogP contribution < -0.4 is 14.9 Å². The second kappa shape index (κ2) is 7.13. The van der Waals surface area contributed by atoms with Gasteiger partial charge in [-0.05, 0) is 17.2 Å². The Morgan fingerprint density at radius 1 is 1.05 bits per heavy atom. The molecule has 0 saturated carbocycles. The van der Waals surface area contributed by atoms with E-state index in [1.165, 1.54) is 13.2 Å². The highest BCUT2D eigenvalue weighted by atomic mass is 16.5. The number of rotatable bonds is 6. The number of hydrogen-bond acceptors (Lipinski definition) is 5. The Balaban J connectivity index is 2.22. The van der Waals surface area contributed by atoms with Crippen molar-refractivity contribution >= 4 is 12.6 Å². The van der Waals surface area contributed by atoms with Gasteiger partial charge in [0.25, 0.3) is 0 Å². The lowest BCUT2D eigenvalue weighted by molar-refractivity contribution is 0.269. The van der Waals surface area contributed by atoms with Crippen molar-refractivity contribution in [2.45, 2.75) is 13.2 Å². The monoisotopic (exact) mass is 288 g/mol. The van der Waals surface area contributed by atoms with Crippen LogP contribution in [0.4, 0.5) is 0 Å². The van der Waals surface area contributed by atoms with E-state index in [0.717, 1.165) is 11.1 Å². The van der Waals surface area contributed by atoms with Crippen molar-refractivity contribution in [3.05, 3.63) is 53.6 Å². The molecule has 21 heavy (non-hydrogen) atoms. The number of aliphatic hydroxyl groups excluding tert-OH is 1. The van der Waals surface area contributed by atoms with Gasteiger partial charge < -0.3 is 24.6 Å². The van der Waals surface area contributed by atoms with E-state index in [9.17, 15) is 15.2 Å². The summed E-state index contributed by atoms with van der Waals surface area (Å²) in [5.74, 6) is 0.891.